The summed E-state index contributed by atoms with van der Waals surface area (Å²) in [4.78, 5) is 13.2. The predicted molar refractivity (Wildman–Crippen MR) is 88.0 cm³/mol. The Kier molecular flexibility index (Phi) is 6.13. The SMILES string of the molecule is CC(Sc1ccc(Br)cc1)C(=O)NCC1=CCNCC1. The van der Waals surface area contributed by atoms with Crippen LogP contribution in [-0.2, 0) is 4.79 Å². The molecule has 0 aromatic heterocycles. The van der Waals surface area contributed by atoms with Gasteiger partial charge in [-0.1, -0.05) is 27.6 Å². The van der Waals surface area contributed by atoms with Crippen molar-refractivity contribution in [3.05, 3.63) is 40.4 Å². The molecule has 0 spiro atoms. The Morgan fingerprint density at radius 2 is 2.20 bits per heavy atom. The lowest BCUT2D eigenvalue weighted by atomic mass is 10.1. The van der Waals surface area contributed by atoms with Gasteiger partial charge in [0.25, 0.3) is 0 Å². The molecule has 1 aromatic rings. The summed E-state index contributed by atoms with van der Waals surface area (Å²) in [5.74, 6) is 0.0948. The smallest absolute Gasteiger partial charge is 0.233 e. The van der Waals surface area contributed by atoms with Crippen molar-refractivity contribution in [3.63, 3.8) is 0 Å². The van der Waals surface area contributed by atoms with Crippen LogP contribution in [0.25, 0.3) is 0 Å². The van der Waals surface area contributed by atoms with Gasteiger partial charge in [-0.05, 0) is 44.2 Å². The van der Waals surface area contributed by atoms with Gasteiger partial charge < -0.3 is 10.6 Å². The van der Waals surface area contributed by atoms with Crippen LogP contribution in [0.2, 0.25) is 0 Å². The van der Waals surface area contributed by atoms with Crippen molar-refractivity contribution in [2.75, 3.05) is 19.6 Å². The largest absolute Gasteiger partial charge is 0.351 e. The Morgan fingerprint density at radius 1 is 1.45 bits per heavy atom. The normalized spacial score (nSPS) is 16.4. The monoisotopic (exact) mass is 354 g/mol. The van der Waals surface area contributed by atoms with E-state index in [1.807, 2.05) is 31.2 Å². The molecule has 2 rings (SSSR count). The highest BCUT2D eigenvalue weighted by molar-refractivity contribution is 9.10. The highest BCUT2D eigenvalue weighted by Crippen LogP contribution is 2.24. The first-order valence-electron chi connectivity index (χ1n) is 6.74. The minimum Gasteiger partial charge on any atom is -0.351 e. The summed E-state index contributed by atoms with van der Waals surface area (Å²) in [5, 5.41) is 6.20. The fraction of sp³-hybridized carbons (Fsp3) is 0.400. The van der Waals surface area contributed by atoms with Crippen LogP contribution >= 0.6 is 27.7 Å². The lowest BCUT2D eigenvalue weighted by Gasteiger charge is -2.16. The Hall–Kier alpha value is -0.780. The van der Waals surface area contributed by atoms with Crippen LogP contribution in [0.1, 0.15) is 13.3 Å². The maximum atomic E-state index is 12.1. The van der Waals surface area contributed by atoms with E-state index in [9.17, 15) is 4.79 Å². The second kappa shape index (κ2) is 7.86. The molecule has 1 amide bonds. The predicted octanol–water partition coefficient (Wildman–Crippen LogP) is 2.97. The summed E-state index contributed by atoms with van der Waals surface area (Å²) in [6.07, 6.45) is 3.19. The zero-order valence-corrected chi connectivity index (χ0v) is 13.9. The third kappa shape index (κ3) is 4.96. The van der Waals surface area contributed by atoms with E-state index >= 15 is 0 Å². The van der Waals surface area contributed by atoms with E-state index in [0.717, 1.165) is 28.9 Å². The zero-order valence-electron chi connectivity index (χ0n) is 11.5. The number of hydrogen-bond acceptors (Lipinski definition) is 3. The first kappa shape index (κ1) is 15.6. The van der Waals surface area contributed by atoms with Gasteiger partial charge in [0.05, 0.1) is 5.25 Å². The molecular weight excluding hydrogens is 336 g/mol. The fourth-order valence-corrected chi connectivity index (χ4v) is 3.10. The lowest BCUT2D eigenvalue weighted by molar-refractivity contribution is -0.120. The first-order chi connectivity index (χ1) is 9.65. The molecule has 20 heavy (non-hydrogen) atoms. The quantitative estimate of drug-likeness (QED) is 0.630. The summed E-state index contributed by atoms with van der Waals surface area (Å²) in [6, 6.07) is 8.03. The van der Waals surface area contributed by atoms with E-state index in [4.69, 9.17) is 0 Å². The van der Waals surface area contributed by atoms with Crippen LogP contribution in [0.5, 0.6) is 0 Å². The molecule has 1 heterocycles. The molecule has 0 fully saturated rings. The van der Waals surface area contributed by atoms with Crippen LogP contribution in [0.3, 0.4) is 0 Å². The van der Waals surface area contributed by atoms with Gasteiger partial charge in [0.15, 0.2) is 0 Å². The number of benzene rings is 1. The number of thioether (sulfide) groups is 1. The standard InChI is InChI=1S/C15H19BrN2OS/c1-11(20-14-4-2-13(16)3-5-14)15(19)18-10-12-6-8-17-9-7-12/h2-6,11,17H,7-10H2,1H3,(H,18,19). The molecule has 0 radical (unpaired) electrons. The van der Waals surface area contributed by atoms with Crippen molar-refractivity contribution >= 4 is 33.6 Å². The van der Waals surface area contributed by atoms with Crippen molar-refractivity contribution in [2.24, 2.45) is 0 Å². The molecule has 0 aliphatic carbocycles. The highest BCUT2D eigenvalue weighted by atomic mass is 79.9. The van der Waals surface area contributed by atoms with Crippen LogP contribution in [-0.4, -0.2) is 30.8 Å². The molecule has 0 saturated carbocycles. The number of nitrogens with one attached hydrogen (secondary N) is 2. The maximum Gasteiger partial charge on any atom is 0.233 e. The zero-order chi connectivity index (χ0) is 14.4. The Bertz CT molecular complexity index is 487. The average Bonchev–Trinajstić information content (AvgIpc) is 2.48. The van der Waals surface area contributed by atoms with Gasteiger partial charge in [0.2, 0.25) is 5.91 Å². The van der Waals surface area contributed by atoms with E-state index in [1.165, 1.54) is 5.57 Å². The number of rotatable bonds is 5. The second-order valence-electron chi connectivity index (χ2n) is 4.75. The highest BCUT2D eigenvalue weighted by Gasteiger charge is 2.14. The minimum atomic E-state index is -0.0847. The lowest BCUT2D eigenvalue weighted by Crippen LogP contribution is -2.34. The average molecular weight is 355 g/mol. The van der Waals surface area contributed by atoms with E-state index in [-0.39, 0.29) is 11.2 Å². The number of carbonyl (C=O) groups is 1. The van der Waals surface area contributed by atoms with Crippen molar-refractivity contribution in [3.8, 4) is 0 Å². The minimum absolute atomic E-state index is 0.0847. The van der Waals surface area contributed by atoms with Crippen LogP contribution in [0.4, 0.5) is 0 Å². The Morgan fingerprint density at radius 3 is 2.85 bits per heavy atom. The molecule has 1 aromatic carbocycles. The van der Waals surface area contributed by atoms with E-state index in [1.54, 1.807) is 11.8 Å². The third-order valence-electron chi connectivity index (χ3n) is 3.14. The van der Waals surface area contributed by atoms with Crippen molar-refractivity contribution in [1.82, 2.24) is 10.6 Å². The van der Waals surface area contributed by atoms with Gasteiger partial charge in [-0.25, -0.2) is 0 Å². The Balaban J connectivity index is 1.79. The van der Waals surface area contributed by atoms with Gasteiger partial charge in [-0.2, -0.15) is 0 Å². The summed E-state index contributed by atoms with van der Waals surface area (Å²) in [7, 11) is 0. The van der Waals surface area contributed by atoms with Gasteiger partial charge >= 0.3 is 0 Å². The van der Waals surface area contributed by atoms with E-state index in [2.05, 4.69) is 32.6 Å². The molecule has 108 valence electrons. The number of amides is 1. The van der Waals surface area contributed by atoms with Crippen LogP contribution in [0, 0.1) is 0 Å². The van der Waals surface area contributed by atoms with Crippen LogP contribution < -0.4 is 10.6 Å². The maximum absolute atomic E-state index is 12.1. The molecule has 0 saturated heterocycles. The van der Waals surface area contributed by atoms with Crippen molar-refractivity contribution in [1.29, 1.82) is 0 Å². The molecule has 1 unspecified atom stereocenters. The summed E-state index contributed by atoms with van der Waals surface area (Å²) >= 11 is 4.99. The van der Waals surface area contributed by atoms with Crippen LogP contribution in [0.15, 0.2) is 45.3 Å². The molecule has 1 atom stereocenters. The number of carbonyl (C=O) groups excluding carboxylic acids is 1. The van der Waals surface area contributed by atoms with Crippen molar-refractivity contribution < 1.29 is 4.79 Å². The van der Waals surface area contributed by atoms with Gasteiger partial charge in [0.1, 0.15) is 0 Å². The second-order valence-corrected chi connectivity index (χ2v) is 7.08. The molecule has 1 aliphatic heterocycles. The molecule has 5 heteroatoms. The first-order valence-corrected chi connectivity index (χ1v) is 8.41. The third-order valence-corrected chi connectivity index (χ3v) is 4.78. The summed E-state index contributed by atoms with van der Waals surface area (Å²) in [5.41, 5.74) is 1.32. The topological polar surface area (TPSA) is 41.1 Å². The molecule has 1 aliphatic rings. The molecular formula is C15H19BrN2OS. The molecule has 2 N–H and O–H groups in total. The summed E-state index contributed by atoms with van der Waals surface area (Å²) < 4.78 is 1.05. The molecule has 3 nitrogen and oxygen atoms in total. The summed E-state index contributed by atoms with van der Waals surface area (Å²) in [6.45, 7) is 4.53. The van der Waals surface area contributed by atoms with E-state index in [0.29, 0.717) is 6.54 Å². The van der Waals surface area contributed by atoms with Gasteiger partial charge in [-0.15, -0.1) is 11.8 Å². The molecule has 0 bridgehead atoms. The fourth-order valence-electron chi connectivity index (χ4n) is 1.95. The Labute approximate surface area is 132 Å². The number of halogens is 1. The van der Waals surface area contributed by atoms with E-state index < -0.39 is 0 Å². The van der Waals surface area contributed by atoms with Gasteiger partial charge in [-0.3, -0.25) is 4.79 Å². The number of hydrogen-bond donors (Lipinski definition) is 2. The van der Waals surface area contributed by atoms with Gasteiger partial charge in [0, 0.05) is 22.5 Å². The van der Waals surface area contributed by atoms with Crippen molar-refractivity contribution in [2.45, 2.75) is 23.5 Å².